The highest BCUT2D eigenvalue weighted by Gasteiger charge is 2.08. The van der Waals surface area contributed by atoms with E-state index in [1.165, 1.54) is 6.07 Å². The standard InChI is InChI=1S/C12H10Cl2N2O/c1-2-11-15-10(6-12(17)16-11)8-5-7(13)3-4-9(8)14/h3-6H,2H2,1H3,(H,15,16,17). The van der Waals surface area contributed by atoms with Crippen LogP contribution < -0.4 is 5.56 Å². The summed E-state index contributed by atoms with van der Waals surface area (Å²) in [6.45, 7) is 1.92. The number of aryl methyl sites for hydroxylation is 1. The van der Waals surface area contributed by atoms with Crippen molar-refractivity contribution in [3.8, 4) is 11.3 Å². The van der Waals surface area contributed by atoms with Gasteiger partial charge in [-0.25, -0.2) is 4.98 Å². The van der Waals surface area contributed by atoms with Crippen molar-refractivity contribution >= 4 is 23.2 Å². The van der Waals surface area contributed by atoms with Gasteiger partial charge in [0.15, 0.2) is 0 Å². The quantitative estimate of drug-likeness (QED) is 0.909. The minimum Gasteiger partial charge on any atom is -0.311 e. The van der Waals surface area contributed by atoms with Crippen LogP contribution in [0.4, 0.5) is 0 Å². The summed E-state index contributed by atoms with van der Waals surface area (Å²) in [6, 6.07) is 6.50. The zero-order valence-corrected chi connectivity index (χ0v) is 10.6. The number of hydrogen-bond donors (Lipinski definition) is 1. The highest BCUT2D eigenvalue weighted by atomic mass is 35.5. The fraction of sp³-hybridized carbons (Fsp3) is 0.167. The van der Waals surface area contributed by atoms with Crippen molar-refractivity contribution in [2.75, 3.05) is 0 Å². The van der Waals surface area contributed by atoms with E-state index < -0.39 is 0 Å². The summed E-state index contributed by atoms with van der Waals surface area (Å²) < 4.78 is 0. The normalized spacial score (nSPS) is 10.5. The Morgan fingerprint density at radius 3 is 2.76 bits per heavy atom. The summed E-state index contributed by atoms with van der Waals surface area (Å²) >= 11 is 12.0. The number of aromatic nitrogens is 2. The lowest BCUT2D eigenvalue weighted by Gasteiger charge is -2.05. The Balaban J connectivity index is 2.63. The van der Waals surface area contributed by atoms with Gasteiger partial charge < -0.3 is 4.98 Å². The molecule has 0 amide bonds. The third-order valence-corrected chi connectivity index (χ3v) is 2.89. The largest absolute Gasteiger partial charge is 0.311 e. The average Bonchev–Trinajstić information content (AvgIpc) is 2.31. The predicted molar refractivity (Wildman–Crippen MR) is 69.7 cm³/mol. The molecule has 0 unspecified atom stereocenters. The van der Waals surface area contributed by atoms with Gasteiger partial charge in [-0.1, -0.05) is 30.1 Å². The molecule has 0 atom stereocenters. The SMILES string of the molecule is CCc1nc(-c2cc(Cl)ccc2Cl)cc(=O)[nH]1. The first kappa shape index (κ1) is 12.1. The number of benzene rings is 1. The average molecular weight is 269 g/mol. The first-order valence-electron chi connectivity index (χ1n) is 5.16. The Morgan fingerprint density at radius 2 is 2.06 bits per heavy atom. The highest BCUT2D eigenvalue weighted by molar-refractivity contribution is 6.35. The highest BCUT2D eigenvalue weighted by Crippen LogP contribution is 2.28. The number of rotatable bonds is 2. The van der Waals surface area contributed by atoms with E-state index in [9.17, 15) is 4.79 Å². The van der Waals surface area contributed by atoms with E-state index in [0.29, 0.717) is 33.5 Å². The fourth-order valence-electron chi connectivity index (χ4n) is 1.51. The van der Waals surface area contributed by atoms with Crippen LogP contribution >= 0.6 is 23.2 Å². The number of nitrogens with one attached hydrogen (secondary N) is 1. The van der Waals surface area contributed by atoms with E-state index in [-0.39, 0.29) is 5.56 Å². The van der Waals surface area contributed by atoms with Gasteiger partial charge in [-0.2, -0.15) is 0 Å². The van der Waals surface area contributed by atoms with Gasteiger partial charge in [0.2, 0.25) is 0 Å². The van der Waals surface area contributed by atoms with Crippen LogP contribution in [0.15, 0.2) is 29.1 Å². The summed E-state index contributed by atoms with van der Waals surface area (Å²) in [4.78, 5) is 18.5. The first-order valence-corrected chi connectivity index (χ1v) is 5.91. The molecule has 0 saturated carbocycles. The molecule has 1 N–H and O–H groups in total. The van der Waals surface area contributed by atoms with E-state index in [2.05, 4.69) is 9.97 Å². The molecular formula is C12H10Cl2N2O. The summed E-state index contributed by atoms with van der Waals surface area (Å²) in [5, 5.41) is 1.08. The Bertz CT molecular complexity index is 608. The lowest BCUT2D eigenvalue weighted by molar-refractivity contribution is 0.924. The second-order valence-electron chi connectivity index (χ2n) is 3.56. The number of hydrogen-bond acceptors (Lipinski definition) is 2. The third-order valence-electron chi connectivity index (χ3n) is 2.33. The maximum Gasteiger partial charge on any atom is 0.251 e. The predicted octanol–water partition coefficient (Wildman–Crippen LogP) is 3.31. The van der Waals surface area contributed by atoms with Crippen molar-refractivity contribution in [3.63, 3.8) is 0 Å². The molecule has 5 heteroatoms. The molecule has 0 aliphatic rings. The zero-order chi connectivity index (χ0) is 12.4. The maximum atomic E-state index is 11.5. The Hall–Kier alpha value is -1.32. The molecule has 0 saturated heterocycles. The molecule has 17 heavy (non-hydrogen) atoms. The molecule has 0 aliphatic carbocycles. The molecule has 2 aromatic rings. The maximum absolute atomic E-state index is 11.5. The van der Waals surface area contributed by atoms with Gasteiger partial charge >= 0.3 is 0 Å². The molecule has 3 nitrogen and oxygen atoms in total. The lowest BCUT2D eigenvalue weighted by atomic mass is 10.1. The van der Waals surface area contributed by atoms with Gasteiger partial charge in [0.1, 0.15) is 5.82 Å². The van der Waals surface area contributed by atoms with Crippen molar-refractivity contribution in [2.45, 2.75) is 13.3 Å². The van der Waals surface area contributed by atoms with Crippen molar-refractivity contribution in [1.82, 2.24) is 9.97 Å². The molecule has 0 bridgehead atoms. The Kier molecular flexibility index (Phi) is 3.50. The van der Waals surface area contributed by atoms with Crippen molar-refractivity contribution in [3.05, 3.63) is 50.5 Å². The van der Waals surface area contributed by atoms with Crippen LogP contribution in [0, 0.1) is 0 Å². The first-order chi connectivity index (χ1) is 8.10. The van der Waals surface area contributed by atoms with Crippen molar-refractivity contribution in [2.24, 2.45) is 0 Å². The van der Waals surface area contributed by atoms with Crippen LogP contribution in [0.2, 0.25) is 10.0 Å². The number of H-pyrrole nitrogens is 1. The van der Waals surface area contributed by atoms with Crippen LogP contribution in [0.25, 0.3) is 11.3 Å². The molecule has 0 spiro atoms. The van der Waals surface area contributed by atoms with Crippen molar-refractivity contribution < 1.29 is 0 Å². The number of halogens is 2. The van der Waals surface area contributed by atoms with E-state index >= 15 is 0 Å². The molecule has 1 aromatic carbocycles. The number of nitrogens with zero attached hydrogens (tertiary/aromatic N) is 1. The van der Waals surface area contributed by atoms with Gasteiger partial charge in [-0.3, -0.25) is 4.79 Å². The minimum atomic E-state index is -0.192. The second kappa shape index (κ2) is 4.90. The molecule has 88 valence electrons. The van der Waals surface area contributed by atoms with Gasteiger partial charge in [0.25, 0.3) is 5.56 Å². The van der Waals surface area contributed by atoms with E-state index in [0.717, 1.165) is 0 Å². The molecule has 1 heterocycles. The molecular weight excluding hydrogens is 259 g/mol. The Morgan fingerprint density at radius 1 is 1.29 bits per heavy atom. The Labute approximate surface area is 108 Å². The fourth-order valence-corrected chi connectivity index (χ4v) is 1.89. The second-order valence-corrected chi connectivity index (χ2v) is 4.40. The lowest BCUT2D eigenvalue weighted by Crippen LogP contribution is -2.10. The monoisotopic (exact) mass is 268 g/mol. The molecule has 2 rings (SSSR count). The topological polar surface area (TPSA) is 45.8 Å². The molecule has 1 aromatic heterocycles. The summed E-state index contributed by atoms with van der Waals surface area (Å²) in [5.41, 5.74) is 1.01. The van der Waals surface area contributed by atoms with E-state index in [4.69, 9.17) is 23.2 Å². The summed E-state index contributed by atoms with van der Waals surface area (Å²) in [5.74, 6) is 0.628. The van der Waals surface area contributed by atoms with E-state index in [1.807, 2.05) is 6.92 Å². The molecule has 0 aliphatic heterocycles. The van der Waals surface area contributed by atoms with E-state index in [1.54, 1.807) is 18.2 Å². The number of aromatic amines is 1. The van der Waals surface area contributed by atoms with Crippen molar-refractivity contribution in [1.29, 1.82) is 0 Å². The van der Waals surface area contributed by atoms with Crippen LogP contribution in [0.5, 0.6) is 0 Å². The van der Waals surface area contributed by atoms with Gasteiger partial charge in [0.05, 0.1) is 10.7 Å². The summed E-state index contributed by atoms with van der Waals surface area (Å²) in [7, 11) is 0. The van der Waals surface area contributed by atoms with Gasteiger partial charge in [-0.15, -0.1) is 0 Å². The smallest absolute Gasteiger partial charge is 0.251 e. The van der Waals surface area contributed by atoms with Crippen LogP contribution in [0.1, 0.15) is 12.7 Å². The van der Waals surface area contributed by atoms with Gasteiger partial charge in [-0.05, 0) is 18.2 Å². The minimum absolute atomic E-state index is 0.192. The van der Waals surface area contributed by atoms with Crippen LogP contribution in [0.3, 0.4) is 0 Å². The third kappa shape index (κ3) is 2.68. The van der Waals surface area contributed by atoms with Gasteiger partial charge in [0, 0.05) is 23.1 Å². The summed E-state index contributed by atoms with van der Waals surface area (Å²) in [6.07, 6.45) is 0.654. The molecule has 0 radical (unpaired) electrons. The molecule has 0 fully saturated rings. The van der Waals surface area contributed by atoms with Crippen LogP contribution in [-0.4, -0.2) is 9.97 Å². The van der Waals surface area contributed by atoms with Crippen LogP contribution in [-0.2, 0) is 6.42 Å². The zero-order valence-electron chi connectivity index (χ0n) is 9.13.